The van der Waals surface area contributed by atoms with Gasteiger partial charge >= 0.3 is 12.0 Å². The molecule has 10 heteroatoms. The smallest absolute Gasteiger partial charge is 0.338 e. The van der Waals surface area contributed by atoms with Crippen LogP contribution >= 0.6 is 11.6 Å². The second kappa shape index (κ2) is 15.1. The number of phenolic OH excluding ortho intramolecular Hbond substituents is 1. The number of amides is 3. The first-order valence-corrected chi connectivity index (χ1v) is 15.0. The van der Waals surface area contributed by atoms with E-state index in [1.807, 2.05) is 24.3 Å². The molecule has 0 radical (unpaired) electrons. The highest BCUT2D eigenvalue weighted by molar-refractivity contribution is 6.30. The molecule has 0 saturated heterocycles. The summed E-state index contributed by atoms with van der Waals surface area (Å²) < 4.78 is 5.90. The number of benzene rings is 3. The van der Waals surface area contributed by atoms with E-state index in [-0.39, 0.29) is 29.6 Å². The van der Waals surface area contributed by atoms with Gasteiger partial charge in [0.15, 0.2) is 0 Å². The highest BCUT2D eigenvalue weighted by Gasteiger charge is 2.31. The summed E-state index contributed by atoms with van der Waals surface area (Å²) in [6.07, 6.45) is -0.0221. The largest absolute Gasteiger partial charge is 0.508 e. The van der Waals surface area contributed by atoms with Gasteiger partial charge < -0.3 is 30.3 Å². The van der Waals surface area contributed by atoms with Crippen LogP contribution in [0, 0.1) is 5.41 Å². The highest BCUT2D eigenvalue weighted by atomic mass is 35.5. The quantitative estimate of drug-likeness (QED) is 0.143. The van der Waals surface area contributed by atoms with Gasteiger partial charge in [-0.2, -0.15) is 0 Å². The maximum absolute atomic E-state index is 13.5. The lowest BCUT2D eigenvalue weighted by Crippen LogP contribution is -2.53. The van der Waals surface area contributed by atoms with Crippen LogP contribution in [0.2, 0.25) is 5.02 Å². The number of halogens is 1. The van der Waals surface area contributed by atoms with Gasteiger partial charge in [0.25, 0.3) is 0 Å². The van der Waals surface area contributed by atoms with Gasteiger partial charge in [0.2, 0.25) is 5.91 Å². The number of hydrogen-bond donors (Lipinski definition) is 4. The first kappa shape index (κ1) is 34.4. The normalized spacial score (nSPS) is 12.4. The zero-order valence-corrected chi connectivity index (χ0v) is 27.1. The Labute approximate surface area is 265 Å². The van der Waals surface area contributed by atoms with Crippen molar-refractivity contribution < 1.29 is 28.7 Å². The third-order valence-electron chi connectivity index (χ3n) is 6.84. The van der Waals surface area contributed by atoms with Crippen molar-refractivity contribution in [3.63, 3.8) is 0 Å². The number of quaternary nitrogens is 1. The Kier molecular flexibility index (Phi) is 11.8. The summed E-state index contributed by atoms with van der Waals surface area (Å²) in [4.78, 5) is 38.6. The van der Waals surface area contributed by atoms with Crippen molar-refractivity contribution in [1.29, 1.82) is 0 Å². The molecule has 3 aromatic rings. The Morgan fingerprint density at radius 3 is 2.09 bits per heavy atom. The van der Waals surface area contributed by atoms with E-state index in [1.165, 1.54) is 5.56 Å². The van der Waals surface area contributed by atoms with Crippen molar-refractivity contribution in [2.24, 2.45) is 5.41 Å². The molecule has 0 heterocycles. The first-order valence-electron chi connectivity index (χ1n) is 14.6. The van der Waals surface area contributed by atoms with Gasteiger partial charge in [-0.1, -0.05) is 49.7 Å². The molecular weight excluding hydrogens is 580 g/mol. The van der Waals surface area contributed by atoms with E-state index in [4.69, 9.17) is 16.3 Å². The van der Waals surface area contributed by atoms with E-state index in [0.29, 0.717) is 27.3 Å². The van der Waals surface area contributed by atoms with E-state index in [2.05, 4.69) is 43.9 Å². The number of carbonyl (C=O) groups is 3. The van der Waals surface area contributed by atoms with Crippen molar-refractivity contribution in [3.8, 4) is 5.75 Å². The zero-order chi connectivity index (χ0) is 32.5. The van der Waals surface area contributed by atoms with Gasteiger partial charge in [0.05, 0.1) is 32.3 Å². The van der Waals surface area contributed by atoms with Gasteiger partial charge in [0, 0.05) is 34.7 Å². The molecule has 44 heavy (non-hydrogen) atoms. The van der Waals surface area contributed by atoms with E-state index < -0.39 is 18.0 Å². The predicted molar refractivity (Wildman–Crippen MR) is 174 cm³/mol. The second-order valence-electron chi connectivity index (χ2n) is 12.8. The van der Waals surface area contributed by atoms with Crippen LogP contribution in [0.5, 0.6) is 5.75 Å². The lowest BCUT2D eigenvalue weighted by Gasteiger charge is -2.38. The van der Waals surface area contributed by atoms with Gasteiger partial charge in [0.1, 0.15) is 18.3 Å². The van der Waals surface area contributed by atoms with Crippen LogP contribution < -0.4 is 16.0 Å². The van der Waals surface area contributed by atoms with Crippen LogP contribution in [0.25, 0.3) is 0 Å². The van der Waals surface area contributed by atoms with Crippen LogP contribution in [0.4, 0.5) is 10.5 Å². The number of carbonyl (C=O) groups excluding carboxylic acids is 3. The number of phenols is 1. The summed E-state index contributed by atoms with van der Waals surface area (Å²) in [6.45, 7) is 9.74. The monoisotopic (exact) mass is 623 g/mol. The van der Waals surface area contributed by atoms with E-state index in [1.54, 1.807) is 62.4 Å². The standard InChI is InChI=1S/C34H43ClN4O5/c1-23(2)44-32(42)26-11-15-28(16-12-26)37-33(43)38-30(19-24-9-17-29(40)18-10-24)31(41)36-21-34(3,4)22-39(5,6)20-25-7-13-27(35)14-8-25/h7-18,23,30H,19-22H2,1-6H3,(H3-,36,37,38,40,41,42,43)/p+1/t30-/m0/s1. The second-order valence-corrected chi connectivity index (χ2v) is 13.2. The van der Waals surface area contributed by atoms with Crippen LogP contribution in [-0.2, 0) is 22.5 Å². The number of aromatic hydroxyl groups is 1. The maximum atomic E-state index is 13.5. The van der Waals surface area contributed by atoms with Gasteiger partial charge in [-0.3, -0.25) is 4.79 Å². The minimum Gasteiger partial charge on any atom is -0.508 e. The Morgan fingerprint density at radius 1 is 0.909 bits per heavy atom. The average molecular weight is 624 g/mol. The van der Waals surface area contributed by atoms with Crippen molar-refractivity contribution in [2.75, 3.05) is 32.5 Å². The first-order chi connectivity index (χ1) is 20.6. The average Bonchev–Trinajstić information content (AvgIpc) is 2.93. The molecule has 3 rings (SSSR count). The number of anilines is 1. The summed E-state index contributed by atoms with van der Waals surface area (Å²) in [6, 6.07) is 19.2. The highest BCUT2D eigenvalue weighted by Crippen LogP contribution is 2.22. The fraction of sp³-hybridized carbons (Fsp3) is 0.382. The summed E-state index contributed by atoms with van der Waals surface area (Å²) in [5, 5.41) is 18.9. The van der Waals surface area contributed by atoms with Crippen molar-refractivity contribution in [1.82, 2.24) is 10.6 Å². The van der Waals surface area contributed by atoms with Crippen LogP contribution in [-0.4, -0.2) is 66.8 Å². The molecule has 4 N–H and O–H groups in total. The summed E-state index contributed by atoms with van der Waals surface area (Å²) in [5.74, 6) is -0.657. The van der Waals surface area contributed by atoms with Gasteiger partial charge in [-0.15, -0.1) is 0 Å². The van der Waals surface area contributed by atoms with Gasteiger partial charge in [-0.05, 0) is 67.9 Å². The lowest BCUT2D eigenvalue weighted by atomic mass is 9.91. The fourth-order valence-corrected chi connectivity index (χ4v) is 5.30. The fourth-order valence-electron chi connectivity index (χ4n) is 5.18. The molecule has 1 atom stereocenters. The lowest BCUT2D eigenvalue weighted by molar-refractivity contribution is -0.909. The minimum absolute atomic E-state index is 0.113. The predicted octanol–water partition coefficient (Wildman–Crippen LogP) is 5.76. The zero-order valence-electron chi connectivity index (χ0n) is 26.3. The Morgan fingerprint density at radius 2 is 1.50 bits per heavy atom. The third-order valence-corrected chi connectivity index (χ3v) is 7.09. The van der Waals surface area contributed by atoms with Crippen molar-refractivity contribution in [3.05, 3.63) is 94.5 Å². The Balaban J connectivity index is 1.64. The molecule has 0 aliphatic carbocycles. The van der Waals surface area contributed by atoms with Crippen molar-refractivity contribution in [2.45, 2.75) is 52.8 Å². The molecule has 0 unspecified atom stereocenters. The van der Waals surface area contributed by atoms with Crippen LogP contribution in [0.15, 0.2) is 72.8 Å². The Bertz CT molecular complexity index is 1410. The molecule has 0 spiro atoms. The molecule has 0 fully saturated rings. The molecule has 236 valence electrons. The van der Waals surface area contributed by atoms with Crippen molar-refractivity contribution >= 4 is 35.2 Å². The molecule has 9 nitrogen and oxygen atoms in total. The molecular formula is C34H44ClN4O5+. The van der Waals surface area contributed by atoms with E-state index >= 15 is 0 Å². The minimum atomic E-state index is -0.882. The van der Waals surface area contributed by atoms with E-state index in [0.717, 1.165) is 18.7 Å². The molecule has 0 aromatic heterocycles. The van der Waals surface area contributed by atoms with Crippen LogP contribution in [0.1, 0.15) is 49.2 Å². The number of rotatable bonds is 13. The van der Waals surface area contributed by atoms with Crippen LogP contribution in [0.3, 0.4) is 0 Å². The van der Waals surface area contributed by atoms with Gasteiger partial charge in [-0.25, -0.2) is 9.59 Å². The topological polar surface area (TPSA) is 117 Å². The SMILES string of the molecule is CC(C)OC(=O)c1ccc(NC(=O)N[C@@H](Cc2ccc(O)cc2)C(=O)NCC(C)(C)C[N+](C)(C)Cc2ccc(Cl)cc2)cc1. The maximum Gasteiger partial charge on any atom is 0.338 e. The molecule has 0 aliphatic rings. The molecule has 3 aromatic carbocycles. The van der Waals surface area contributed by atoms with E-state index in [9.17, 15) is 19.5 Å². The molecule has 0 saturated carbocycles. The number of nitrogens with zero attached hydrogens (tertiary/aromatic N) is 1. The molecule has 0 aliphatic heterocycles. The number of nitrogens with one attached hydrogen (secondary N) is 3. The number of ether oxygens (including phenoxy) is 1. The summed E-state index contributed by atoms with van der Waals surface area (Å²) >= 11 is 6.04. The summed E-state index contributed by atoms with van der Waals surface area (Å²) in [5.41, 5.74) is 2.51. The number of esters is 1. The molecule has 3 amide bonds. The third kappa shape index (κ3) is 11.5. The molecule has 0 bridgehead atoms. The number of urea groups is 1. The Hall–Kier alpha value is -4.08. The number of hydrogen-bond acceptors (Lipinski definition) is 5. The summed E-state index contributed by atoms with van der Waals surface area (Å²) in [7, 11) is 4.30.